The third-order valence-electron chi connectivity index (χ3n) is 5.81. The third kappa shape index (κ3) is 5.19. The molecule has 11 nitrogen and oxygen atoms in total. The highest BCUT2D eigenvalue weighted by Gasteiger charge is 2.42. The van der Waals surface area contributed by atoms with Crippen molar-refractivity contribution in [2.45, 2.75) is 28.6 Å². The van der Waals surface area contributed by atoms with Crippen molar-refractivity contribution in [3.8, 4) is 0 Å². The number of sulfonamides is 1. The number of rotatable bonds is 5. The Kier molecular flexibility index (Phi) is 6.72. The maximum Gasteiger partial charge on any atom is 0.302 e. The number of aromatic nitrogens is 2. The van der Waals surface area contributed by atoms with Crippen LogP contribution >= 0.6 is 22.6 Å². The van der Waals surface area contributed by atoms with Gasteiger partial charge in [0.15, 0.2) is 17.5 Å². The van der Waals surface area contributed by atoms with Crippen LogP contribution < -0.4 is 22.1 Å². The number of halogens is 1. The number of nitrogens with zero attached hydrogens (tertiary/aromatic N) is 4. The Bertz CT molecular complexity index is 1180. The lowest BCUT2D eigenvalue weighted by Gasteiger charge is -2.38. The predicted molar refractivity (Wildman–Crippen MR) is 134 cm³/mol. The minimum absolute atomic E-state index is 0.0169. The highest BCUT2D eigenvalue weighted by atomic mass is 127. The van der Waals surface area contributed by atoms with Crippen molar-refractivity contribution in [2.75, 3.05) is 31.1 Å². The van der Waals surface area contributed by atoms with E-state index in [4.69, 9.17) is 11.5 Å². The van der Waals surface area contributed by atoms with Crippen LogP contribution in [0.25, 0.3) is 0 Å². The smallest absolute Gasteiger partial charge is 0.302 e. The molecule has 2 aliphatic rings. The molecule has 176 valence electrons. The molecule has 0 saturated carbocycles. The standard InChI is InChI=1S/C20H25IN8O3S/c21-10-14-16(22)26-17(23)15(25-14)18(30)27-19-24-12-20(28-19)6-8-29(9-7-20)33(31,32)11-13-4-2-1-3-5-13/h1-5H,6-12H2,(H4,22,23,26)(H2,24,27,28,30). The fraction of sp³-hybridized carbons (Fsp3) is 0.400. The molecule has 2 aromatic rings. The zero-order chi connectivity index (χ0) is 23.6. The van der Waals surface area contributed by atoms with E-state index in [1.807, 2.05) is 30.3 Å². The van der Waals surface area contributed by atoms with E-state index in [-0.39, 0.29) is 28.6 Å². The molecule has 33 heavy (non-hydrogen) atoms. The third-order valence-corrected chi connectivity index (χ3v) is 8.38. The Morgan fingerprint density at radius 3 is 2.52 bits per heavy atom. The molecule has 0 unspecified atom stereocenters. The lowest BCUT2D eigenvalue weighted by molar-refractivity contribution is 0.0998. The molecule has 4 rings (SSSR count). The van der Waals surface area contributed by atoms with Crippen molar-refractivity contribution >= 4 is 56.1 Å². The van der Waals surface area contributed by atoms with Crippen molar-refractivity contribution in [1.82, 2.24) is 24.9 Å². The van der Waals surface area contributed by atoms with Gasteiger partial charge in [-0.25, -0.2) is 22.7 Å². The van der Waals surface area contributed by atoms with Crippen LogP contribution in [0.2, 0.25) is 0 Å². The average Bonchev–Trinajstić information content (AvgIpc) is 3.16. The first kappa shape index (κ1) is 23.6. The van der Waals surface area contributed by atoms with Crippen LogP contribution in [-0.2, 0) is 20.2 Å². The average molecular weight is 584 g/mol. The van der Waals surface area contributed by atoms with E-state index >= 15 is 0 Å². The number of hydrogen-bond acceptors (Lipinski definition) is 7. The van der Waals surface area contributed by atoms with Gasteiger partial charge < -0.3 is 22.1 Å². The topological polar surface area (TPSA) is 169 Å². The van der Waals surface area contributed by atoms with E-state index in [9.17, 15) is 13.2 Å². The largest absolute Gasteiger partial charge is 0.382 e. The van der Waals surface area contributed by atoms with E-state index in [2.05, 4.69) is 48.2 Å². The van der Waals surface area contributed by atoms with E-state index < -0.39 is 15.9 Å². The quantitative estimate of drug-likeness (QED) is 0.291. The first-order valence-electron chi connectivity index (χ1n) is 10.4. The number of carbonyl (C=O) groups excluding carboxylic acids is 1. The molecule has 1 aromatic heterocycles. The molecule has 0 bridgehead atoms. The molecule has 0 atom stereocenters. The fourth-order valence-corrected chi connectivity index (χ4v) is 6.03. The molecule has 3 heterocycles. The van der Waals surface area contributed by atoms with Gasteiger partial charge in [-0.2, -0.15) is 4.99 Å². The Balaban J connectivity index is 1.40. The first-order valence-corrected chi connectivity index (χ1v) is 13.5. The van der Waals surface area contributed by atoms with Gasteiger partial charge in [0, 0.05) is 24.1 Å². The van der Waals surface area contributed by atoms with Crippen LogP contribution in [0.15, 0.2) is 35.3 Å². The monoisotopic (exact) mass is 584 g/mol. The van der Waals surface area contributed by atoms with Crippen LogP contribution in [-0.4, -0.2) is 59.7 Å². The molecule has 1 amide bonds. The number of aliphatic imine (C=N–C) groups is 1. The number of alkyl halides is 1. The second kappa shape index (κ2) is 9.38. The number of nitrogens with two attached hydrogens (primary N) is 2. The summed E-state index contributed by atoms with van der Waals surface area (Å²) < 4.78 is 27.7. The number of nitrogens with one attached hydrogen (secondary N) is 2. The van der Waals surface area contributed by atoms with Crippen molar-refractivity contribution in [2.24, 2.45) is 4.99 Å². The number of carbonyl (C=O) groups is 1. The van der Waals surface area contributed by atoms with Gasteiger partial charge in [0.1, 0.15) is 5.82 Å². The summed E-state index contributed by atoms with van der Waals surface area (Å²) in [6.07, 6.45) is 1.17. The summed E-state index contributed by atoms with van der Waals surface area (Å²) in [5.74, 6) is -0.205. The number of nitrogen functional groups attached to an aromatic ring is 2. The van der Waals surface area contributed by atoms with E-state index in [0.717, 1.165) is 5.56 Å². The molecule has 13 heteroatoms. The number of hydrogen-bond donors (Lipinski definition) is 4. The maximum atomic E-state index is 12.8. The molecule has 2 fully saturated rings. The molecule has 0 radical (unpaired) electrons. The summed E-state index contributed by atoms with van der Waals surface area (Å²) in [4.78, 5) is 24.9. The van der Waals surface area contributed by atoms with E-state index in [1.54, 1.807) is 0 Å². The van der Waals surface area contributed by atoms with E-state index in [1.165, 1.54) is 4.31 Å². The Labute approximate surface area is 205 Å². The van der Waals surface area contributed by atoms with Gasteiger partial charge in [0.05, 0.1) is 17.0 Å². The minimum atomic E-state index is -3.41. The minimum Gasteiger partial charge on any atom is -0.382 e. The maximum absolute atomic E-state index is 12.8. The first-order chi connectivity index (χ1) is 15.7. The van der Waals surface area contributed by atoms with Crippen LogP contribution in [0.5, 0.6) is 0 Å². The fourth-order valence-electron chi connectivity index (χ4n) is 3.94. The highest BCUT2D eigenvalue weighted by molar-refractivity contribution is 14.1. The molecule has 1 aromatic carbocycles. The summed E-state index contributed by atoms with van der Waals surface area (Å²) in [5.41, 5.74) is 12.4. The summed E-state index contributed by atoms with van der Waals surface area (Å²) in [6.45, 7) is 1.31. The van der Waals surface area contributed by atoms with Crippen LogP contribution in [0.3, 0.4) is 0 Å². The number of anilines is 2. The lowest BCUT2D eigenvalue weighted by atomic mass is 9.90. The van der Waals surface area contributed by atoms with Gasteiger partial charge in [-0.1, -0.05) is 52.9 Å². The molecule has 2 saturated heterocycles. The summed E-state index contributed by atoms with van der Waals surface area (Å²) in [6, 6.07) is 9.15. The second-order valence-corrected chi connectivity index (χ2v) is 10.8. The summed E-state index contributed by atoms with van der Waals surface area (Å²) in [5, 5.41) is 6.38. The summed E-state index contributed by atoms with van der Waals surface area (Å²) in [7, 11) is -3.41. The molecular weight excluding hydrogens is 559 g/mol. The zero-order valence-corrected chi connectivity index (χ0v) is 20.8. The van der Waals surface area contributed by atoms with Crippen molar-refractivity contribution in [3.05, 3.63) is 47.3 Å². The Morgan fingerprint density at radius 2 is 1.85 bits per heavy atom. The van der Waals surface area contributed by atoms with Crippen molar-refractivity contribution < 1.29 is 13.2 Å². The van der Waals surface area contributed by atoms with Crippen LogP contribution in [0.1, 0.15) is 34.6 Å². The van der Waals surface area contributed by atoms with Gasteiger partial charge in [-0.15, -0.1) is 0 Å². The molecule has 2 aliphatic heterocycles. The van der Waals surface area contributed by atoms with Crippen molar-refractivity contribution in [1.29, 1.82) is 0 Å². The van der Waals surface area contributed by atoms with Crippen molar-refractivity contribution in [3.63, 3.8) is 0 Å². The highest BCUT2D eigenvalue weighted by Crippen LogP contribution is 2.27. The second-order valence-electron chi connectivity index (χ2n) is 8.09. The van der Waals surface area contributed by atoms with Gasteiger partial charge in [0.2, 0.25) is 10.0 Å². The number of amides is 1. The Hall–Kier alpha value is -2.52. The van der Waals surface area contributed by atoms with Gasteiger partial charge >= 0.3 is 5.91 Å². The van der Waals surface area contributed by atoms with E-state index in [0.29, 0.717) is 48.6 Å². The Morgan fingerprint density at radius 1 is 1.15 bits per heavy atom. The van der Waals surface area contributed by atoms with Gasteiger partial charge in [0.25, 0.3) is 0 Å². The van der Waals surface area contributed by atoms with Crippen LogP contribution in [0.4, 0.5) is 11.6 Å². The molecule has 0 aliphatic carbocycles. The SMILES string of the molecule is Nc1nc(N)c(C(=O)/N=C2\NCC3(CCN(S(=O)(=O)Cc4ccccc4)CC3)N2)nc1CI. The summed E-state index contributed by atoms with van der Waals surface area (Å²) >= 11 is 2.08. The molecule has 1 spiro atoms. The lowest BCUT2D eigenvalue weighted by Crippen LogP contribution is -2.53. The molecular formula is C20H25IN8O3S. The zero-order valence-electron chi connectivity index (χ0n) is 17.8. The number of benzene rings is 1. The number of piperidine rings is 1. The molecule has 6 N–H and O–H groups in total. The predicted octanol–water partition coefficient (Wildman–Crippen LogP) is 0.630. The van der Waals surface area contributed by atoms with Gasteiger partial charge in [-0.05, 0) is 18.4 Å². The van der Waals surface area contributed by atoms with Gasteiger partial charge in [-0.3, -0.25) is 4.79 Å². The van der Waals surface area contributed by atoms with Crippen LogP contribution in [0, 0.1) is 0 Å². The number of guanidine groups is 1. The normalized spacial score (nSPS) is 19.4.